The summed E-state index contributed by atoms with van der Waals surface area (Å²) >= 11 is 0. The Balaban J connectivity index is 1.65. The molecular weight excluding hydrogens is 602 g/mol. The predicted octanol–water partition coefficient (Wildman–Crippen LogP) is -1.08. The quantitative estimate of drug-likeness (QED) is 0.0701. The van der Waals surface area contributed by atoms with Crippen LogP contribution in [-0.2, 0) is 66.9 Å². The first-order valence-electron chi connectivity index (χ1n) is 14.5. The minimum atomic E-state index is -0.928. The number of rotatable bonds is 24. The van der Waals surface area contributed by atoms with E-state index in [0.29, 0.717) is 49.8 Å². The molecule has 5 amide bonds. The fourth-order valence-electron chi connectivity index (χ4n) is 3.75. The van der Waals surface area contributed by atoms with Gasteiger partial charge in [0.15, 0.2) is 0 Å². The van der Waals surface area contributed by atoms with E-state index in [9.17, 15) is 33.6 Å². The third-order valence-corrected chi connectivity index (χ3v) is 6.06. The van der Waals surface area contributed by atoms with Crippen molar-refractivity contribution in [2.75, 3.05) is 79.2 Å². The molecule has 0 atom stereocenters. The second-order valence-corrected chi connectivity index (χ2v) is 9.43. The van der Waals surface area contributed by atoms with Crippen molar-refractivity contribution in [1.29, 1.82) is 0 Å². The van der Waals surface area contributed by atoms with E-state index in [1.165, 1.54) is 4.90 Å². The molecule has 17 nitrogen and oxygen atoms in total. The van der Waals surface area contributed by atoms with Crippen LogP contribution in [0.1, 0.15) is 44.9 Å². The summed E-state index contributed by atoms with van der Waals surface area (Å²) in [4.78, 5) is 94.8. The van der Waals surface area contributed by atoms with Crippen molar-refractivity contribution in [3.8, 4) is 12.3 Å². The number of terminal acetylenes is 1. The van der Waals surface area contributed by atoms with Crippen LogP contribution in [0.4, 0.5) is 0 Å². The number of hydrogen-bond acceptors (Lipinski definition) is 14. The summed E-state index contributed by atoms with van der Waals surface area (Å²) in [5.74, 6) is -2.56. The van der Waals surface area contributed by atoms with E-state index in [2.05, 4.69) is 5.92 Å². The standard InChI is InChI=1S/C28H39N3O14/c1-2-12-39-14-16-41-18-20-43-21-19-42-17-15-40-13-9-22(32)29(10-7-27(37)44-30-23(33)3-4-24(30)34)11-8-28(38)45-31-25(35)5-6-26(31)36/h1H,3-21H2. The molecule has 0 N–H and O–H groups in total. The van der Waals surface area contributed by atoms with E-state index < -0.39 is 41.5 Å². The largest absolute Gasteiger partial charge is 0.379 e. The maximum Gasteiger partial charge on any atom is 0.334 e. The molecule has 0 bridgehead atoms. The Labute approximate surface area is 260 Å². The van der Waals surface area contributed by atoms with Gasteiger partial charge in [-0.3, -0.25) is 24.0 Å². The van der Waals surface area contributed by atoms with E-state index in [1.54, 1.807) is 0 Å². The lowest BCUT2D eigenvalue weighted by Gasteiger charge is -2.23. The average Bonchev–Trinajstić information content (AvgIpc) is 3.50. The fraction of sp³-hybridized carbons (Fsp3) is 0.679. The summed E-state index contributed by atoms with van der Waals surface area (Å²) in [6, 6.07) is 0. The van der Waals surface area contributed by atoms with Crippen LogP contribution in [0, 0.1) is 12.3 Å². The topological polar surface area (TPSA) is 194 Å². The lowest BCUT2D eigenvalue weighted by atomic mass is 10.3. The van der Waals surface area contributed by atoms with Gasteiger partial charge in [-0.15, -0.1) is 16.5 Å². The summed E-state index contributed by atoms with van der Waals surface area (Å²) in [5.41, 5.74) is 0. The zero-order valence-electron chi connectivity index (χ0n) is 25.1. The number of carbonyl (C=O) groups is 7. The summed E-state index contributed by atoms with van der Waals surface area (Å²) in [7, 11) is 0. The predicted molar refractivity (Wildman–Crippen MR) is 148 cm³/mol. The van der Waals surface area contributed by atoms with Crippen molar-refractivity contribution in [2.24, 2.45) is 0 Å². The number of imide groups is 2. The zero-order chi connectivity index (χ0) is 32.9. The normalized spacial score (nSPS) is 14.6. The number of carbonyl (C=O) groups excluding carboxylic acids is 7. The Kier molecular flexibility index (Phi) is 18.0. The average molecular weight is 642 g/mol. The van der Waals surface area contributed by atoms with Crippen LogP contribution >= 0.6 is 0 Å². The molecule has 0 aliphatic carbocycles. The molecule has 2 saturated heterocycles. The summed E-state index contributed by atoms with van der Waals surface area (Å²) in [5, 5.41) is 0.793. The van der Waals surface area contributed by atoms with Crippen LogP contribution in [0.25, 0.3) is 0 Å². The Morgan fingerprint density at radius 1 is 0.578 bits per heavy atom. The van der Waals surface area contributed by atoms with Crippen molar-refractivity contribution >= 4 is 41.5 Å². The van der Waals surface area contributed by atoms with Crippen molar-refractivity contribution < 1.29 is 66.9 Å². The molecule has 2 fully saturated rings. The van der Waals surface area contributed by atoms with Crippen molar-refractivity contribution in [3.63, 3.8) is 0 Å². The number of hydrogen-bond donors (Lipinski definition) is 0. The molecule has 17 heteroatoms. The van der Waals surface area contributed by atoms with E-state index in [1.807, 2.05) is 0 Å². The Hall–Kier alpha value is -3.95. The van der Waals surface area contributed by atoms with Crippen molar-refractivity contribution in [3.05, 3.63) is 0 Å². The minimum Gasteiger partial charge on any atom is -0.379 e. The van der Waals surface area contributed by atoms with Gasteiger partial charge in [-0.1, -0.05) is 5.92 Å². The molecule has 2 rings (SSSR count). The first-order chi connectivity index (χ1) is 21.7. The molecule has 2 heterocycles. The maximum absolute atomic E-state index is 12.8. The number of hydroxylamine groups is 4. The smallest absolute Gasteiger partial charge is 0.334 e. The monoisotopic (exact) mass is 641 g/mol. The lowest BCUT2D eigenvalue weighted by molar-refractivity contribution is -0.198. The van der Waals surface area contributed by atoms with Gasteiger partial charge in [-0.2, -0.15) is 0 Å². The summed E-state index contributed by atoms with van der Waals surface area (Å²) in [6.07, 6.45) is 3.92. The molecule has 0 aromatic rings. The SMILES string of the molecule is C#CCOCCOCCOCCOCCOCCC(=O)N(CCC(=O)ON1C(=O)CCC1=O)CCC(=O)ON1C(=O)CCC1=O. The third kappa shape index (κ3) is 15.1. The highest BCUT2D eigenvalue weighted by molar-refractivity contribution is 6.02. The number of ether oxygens (including phenoxy) is 5. The van der Waals surface area contributed by atoms with Gasteiger partial charge in [0, 0.05) is 38.8 Å². The van der Waals surface area contributed by atoms with Crippen LogP contribution in [0.3, 0.4) is 0 Å². The third-order valence-electron chi connectivity index (χ3n) is 6.06. The molecule has 250 valence electrons. The zero-order valence-corrected chi connectivity index (χ0v) is 25.1. The number of amides is 5. The molecule has 0 aromatic carbocycles. The van der Waals surface area contributed by atoms with Crippen LogP contribution in [0.2, 0.25) is 0 Å². The Bertz CT molecular complexity index is 989. The van der Waals surface area contributed by atoms with Gasteiger partial charge >= 0.3 is 11.9 Å². The first kappa shape index (κ1) is 37.2. The molecular formula is C28H39N3O14. The van der Waals surface area contributed by atoms with Crippen LogP contribution in [-0.4, -0.2) is 136 Å². The van der Waals surface area contributed by atoms with E-state index in [0.717, 1.165) is 0 Å². The van der Waals surface area contributed by atoms with Gasteiger partial charge < -0.3 is 38.3 Å². The minimum absolute atomic E-state index is 0.0139. The highest BCUT2D eigenvalue weighted by Crippen LogP contribution is 2.14. The Morgan fingerprint density at radius 2 is 0.933 bits per heavy atom. The van der Waals surface area contributed by atoms with Crippen LogP contribution < -0.4 is 0 Å². The van der Waals surface area contributed by atoms with Gasteiger partial charge in [-0.25, -0.2) is 9.59 Å². The highest BCUT2D eigenvalue weighted by Gasteiger charge is 2.34. The maximum atomic E-state index is 12.8. The molecule has 0 spiro atoms. The van der Waals surface area contributed by atoms with Crippen LogP contribution in [0.15, 0.2) is 0 Å². The van der Waals surface area contributed by atoms with Gasteiger partial charge in [0.25, 0.3) is 23.6 Å². The molecule has 0 unspecified atom stereocenters. The van der Waals surface area contributed by atoms with Gasteiger partial charge in [0.05, 0.1) is 78.7 Å². The Morgan fingerprint density at radius 3 is 1.31 bits per heavy atom. The summed E-state index contributed by atoms with van der Waals surface area (Å²) in [6.45, 7) is 2.61. The molecule has 45 heavy (non-hydrogen) atoms. The van der Waals surface area contributed by atoms with Crippen molar-refractivity contribution in [2.45, 2.75) is 44.9 Å². The van der Waals surface area contributed by atoms with E-state index in [-0.39, 0.29) is 84.5 Å². The second kappa shape index (κ2) is 21.7. The molecule has 0 radical (unpaired) electrons. The van der Waals surface area contributed by atoms with Gasteiger partial charge in [0.1, 0.15) is 6.61 Å². The molecule has 0 saturated carbocycles. The molecule has 2 aliphatic rings. The second-order valence-electron chi connectivity index (χ2n) is 9.43. The van der Waals surface area contributed by atoms with Gasteiger partial charge in [-0.05, 0) is 0 Å². The summed E-state index contributed by atoms with van der Waals surface area (Å²) < 4.78 is 26.6. The number of nitrogens with zero attached hydrogens (tertiary/aromatic N) is 3. The molecule has 0 aromatic heterocycles. The lowest BCUT2D eigenvalue weighted by Crippen LogP contribution is -2.38. The van der Waals surface area contributed by atoms with Gasteiger partial charge in [0.2, 0.25) is 5.91 Å². The highest BCUT2D eigenvalue weighted by atomic mass is 16.7. The van der Waals surface area contributed by atoms with Crippen LogP contribution in [0.5, 0.6) is 0 Å². The first-order valence-corrected chi connectivity index (χ1v) is 14.5. The van der Waals surface area contributed by atoms with Crippen molar-refractivity contribution in [1.82, 2.24) is 15.0 Å². The molecule has 2 aliphatic heterocycles. The fourth-order valence-corrected chi connectivity index (χ4v) is 3.75. The van der Waals surface area contributed by atoms with E-state index >= 15 is 0 Å². The van der Waals surface area contributed by atoms with E-state index in [4.69, 9.17) is 39.8 Å².